The minimum Gasteiger partial charge on any atom is -0.457 e. The Balaban J connectivity index is 1.28. The summed E-state index contributed by atoms with van der Waals surface area (Å²) >= 11 is 0. The van der Waals surface area contributed by atoms with Gasteiger partial charge in [0.15, 0.2) is 49.8 Å². The van der Waals surface area contributed by atoms with Crippen molar-refractivity contribution in [3.05, 3.63) is 0 Å². The van der Waals surface area contributed by atoms with Crippen molar-refractivity contribution >= 4 is 17.9 Å². The van der Waals surface area contributed by atoms with Crippen LogP contribution in [0.25, 0.3) is 0 Å². The Morgan fingerprint density at radius 1 is 0.460 bits per heavy atom. The number of ether oxygens (including phenoxy) is 13. The molecule has 506 valence electrons. The number of aliphatic hydroxyl groups excluding tert-OH is 8. The fraction of sp³-hybridized carbons (Fsp3) is 0.952. The van der Waals surface area contributed by atoms with E-state index in [2.05, 4.69) is 13.8 Å². The van der Waals surface area contributed by atoms with Crippen molar-refractivity contribution in [2.45, 2.75) is 376 Å². The van der Waals surface area contributed by atoms with Gasteiger partial charge < -0.3 is 102 Å². The summed E-state index contributed by atoms with van der Waals surface area (Å²) in [5.41, 5.74) is 0. The third-order valence-corrected chi connectivity index (χ3v) is 18.2. The van der Waals surface area contributed by atoms with E-state index in [-0.39, 0.29) is 18.9 Å². The van der Waals surface area contributed by atoms with Crippen LogP contribution in [0.15, 0.2) is 0 Å². The van der Waals surface area contributed by atoms with E-state index in [1.165, 1.54) is 53.4 Å². The Bertz CT molecular complexity index is 1990. The van der Waals surface area contributed by atoms with Gasteiger partial charge in [-0.05, 0) is 66.7 Å². The summed E-state index contributed by atoms with van der Waals surface area (Å²) in [5.74, 6) is -2.80. The number of aliphatic hydroxyl groups is 8. The van der Waals surface area contributed by atoms with E-state index < -0.39 is 177 Å². The highest BCUT2D eigenvalue weighted by Crippen LogP contribution is 2.39. The lowest BCUT2D eigenvalue weighted by atomic mass is 9.95. The zero-order valence-corrected chi connectivity index (χ0v) is 53.2. The number of hydrogen-bond acceptors (Lipinski definition) is 24. The fourth-order valence-corrected chi connectivity index (χ4v) is 12.3. The van der Waals surface area contributed by atoms with Gasteiger partial charge in [0.25, 0.3) is 0 Å². The van der Waals surface area contributed by atoms with Crippen LogP contribution < -0.4 is 0 Å². The predicted molar refractivity (Wildman–Crippen MR) is 311 cm³/mol. The molecule has 87 heavy (non-hydrogen) atoms. The van der Waals surface area contributed by atoms with Gasteiger partial charge >= 0.3 is 17.9 Å². The van der Waals surface area contributed by atoms with E-state index in [0.29, 0.717) is 25.7 Å². The molecule has 6 heterocycles. The molecule has 0 bridgehead atoms. The smallest absolute Gasteiger partial charge is 0.309 e. The second kappa shape index (κ2) is 36.8. The van der Waals surface area contributed by atoms with Gasteiger partial charge in [0, 0.05) is 12.8 Å². The molecule has 0 amide bonds. The maximum atomic E-state index is 14.1. The number of carbonyl (C=O) groups is 3. The van der Waals surface area contributed by atoms with Crippen molar-refractivity contribution in [3.63, 3.8) is 0 Å². The van der Waals surface area contributed by atoms with Crippen molar-refractivity contribution in [2.75, 3.05) is 0 Å². The van der Waals surface area contributed by atoms with Gasteiger partial charge in [0.2, 0.25) is 0 Å². The average molecular weight is 1250 g/mol. The Labute approximate surface area is 515 Å². The third kappa shape index (κ3) is 20.8. The van der Waals surface area contributed by atoms with Crippen molar-refractivity contribution in [1.82, 2.24) is 0 Å². The van der Waals surface area contributed by atoms with E-state index >= 15 is 0 Å². The number of fused-ring (bicyclic) bond motifs is 2. The van der Waals surface area contributed by atoms with Crippen molar-refractivity contribution in [1.29, 1.82) is 0 Å². The number of hydrogen-bond donors (Lipinski definition) is 8. The van der Waals surface area contributed by atoms with Crippen LogP contribution in [0.5, 0.6) is 0 Å². The lowest BCUT2D eigenvalue weighted by Crippen LogP contribution is -2.68. The second-order valence-corrected chi connectivity index (χ2v) is 25.3. The molecule has 24 heteroatoms. The van der Waals surface area contributed by atoms with E-state index in [4.69, 9.17) is 61.6 Å². The van der Waals surface area contributed by atoms with Crippen molar-refractivity contribution in [2.24, 2.45) is 5.92 Å². The van der Waals surface area contributed by atoms with Gasteiger partial charge in [-0.3, -0.25) is 14.4 Å². The second-order valence-electron chi connectivity index (χ2n) is 25.3. The number of esters is 3. The van der Waals surface area contributed by atoms with Gasteiger partial charge in [-0.2, -0.15) is 0 Å². The maximum absolute atomic E-state index is 14.1. The van der Waals surface area contributed by atoms with Crippen LogP contribution in [0.2, 0.25) is 0 Å². The van der Waals surface area contributed by atoms with E-state index in [1.807, 2.05) is 0 Å². The summed E-state index contributed by atoms with van der Waals surface area (Å²) in [6.07, 6.45) is -18.2. The molecule has 0 saturated carbocycles. The number of rotatable bonds is 24. The summed E-state index contributed by atoms with van der Waals surface area (Å²) in [6, 6.07) is 0. The van der Waals surface area contributed by atoms with Crippen molar-refractivity contribution < 1.29 is 117 Å². The molecule has 6 aliphatic heterocycles. The molecule has 24 nitrogen and oxygen atoms in total. The minimum atomic E-state index is -1.91. The minimum absolute atomic E-state index is 0.0231. The molecule has 0 aromatic heterocycles. The lowest BCUT2D eigenvalue weighted by Gasteiger charge is -2.51. The monoisotopic (exact) mass is 1250 g/mol. The van der Waals surface area contributed by atoms with Crippen LogP contribution in [-0.4, -0.2) is 218 Å². The van der Waals surface area contributed by atoms with Gasteiger partial charge in [-0.1, -0.05) is 137 Å². The number of carbonyl (C=O) groups excluding carboxylic acids is 3. The molecule has 0 aliphatic carbocycles. The summed E-state index contributed by atoms with van der Waals surface area (Å²) in [4.78, 5) is 41.1. The van der Waals surface area contributed by atoms with Crippen LogP contribution in [0, 0.1) is 5.92 Å². The van der Waals surface area contributed by atoms with Crippen molar-refractivity contribution in [3.8, 4) is 0 Å². The van der Waals surface area contributed by atoms with Crippen LogP contribution >= 0.6 is 0 Å². The molecule has 0 spiro atoms. The van der Waals surface area contributed by atoms with Gasteiger partial charge in [0.05, 0.1) is 42.5 Å². The Morgan fingerprint density at radius 3 is 1.63 bits per heavy atom. The zero-order chi connectivity index (χ0) is 63.5. The predicted octanol–water partition coefficient (Wildman–Crippen LogP) is 5.33. The summed E-state index contributed by atoms with van der Waals surface area (Å²) in [5, 5.41) is 91.9. The first-order chi connectivity index (χ1) is 41.6. The van der Waals surface area contributed by atoms with Crippen LogP contribution in [-0.2, 0) is 76.0 Å². The molecule has 0 aromatic carbocycles. The largest absolute Gasteiger partial charge is 0.457 e. The maximum Gasteiger partial charge on any atom is 0.309 e. The topological polar surface area (TPSA) is 333 Å². The van der Waals surface area contributed by atoms with E-state index in [9.17, 15) is 55.2 Å². The molecule has 6 saturated heterocycles. The molecule has 8 N–H and O–H groups in total. The summed E-state index contributed by atoms with van der Waals surface area (Å²) in [6.45, 7) is 15.3. The normalized spacial score (nSPS) is 41.6. The average Bonchev–Trinajstić information content (AvgIpc) is 1.41. The SMILES string of the molecule is CCCCCCCCCCCC(=O)O[C@@H]1[C@@H](O)[C@@H](O)[C@H](O[C@@H]2[C@@H](O[C@@H]3O[C@@H](C)[C@H](O)[C@@H](O)[C@H]3O)[C@@H](OC(=O)[C@@H](C)CC)[C@H](O[C@@H]3[C@@H](O)[C@H]4OC(=O)CCCCCCCCC[C@H](CCCCC)O[C@@H]5O[C@H](C)[C@H](O)[C@H](O)[C@H]5O[C@@H]4O[C@H]3C)O[C@H]2C)O[C@H]1C. The first kappa shape index (κ1) is 73.7. The molecule has 6 aliphatic rings. The lowest BCUT2D eigenvalue weighted by molar-refractivity contribution is -0.399. The first-order valence-electron chi connectivity index (χ1n) is 33.2. The van der Waals surface area contributed by atoms with Crippen LogP contribution in [0.3, 0.4) is 0 Å². The van der Waals surface area contributed by atoms with Crippen LogP contribution in [0.4, 0.5) is 0 Å². The van der Waals surface area contributed by atoms with E-state index in [0.717, 1.165) is 89.9 Å². The summed E-state index contributed by atoms with van der Waals surface area (Å²) < 4.78 is 82.2. The molecular weight excluding hydrogens is 1140 g/mol. The molecule has 0 unspecified atom stereocenters. The van der Waals surface area contributed by atoms with Crippen LogP contribution in [0.1, 0.15) is 216 Å². The quantitative estimate of drug-likeness (QED) is 0.0344. The molecule has 6 rings (SSSR count). The highest BCUT2D eigenvalue weighted by Gasteiger charge is 2.58. The summed E-state index contributed by atoms with van der Waals surface area (Å²) in [7, 11) is 0. The standard InChI is InChI=1S/C63H110O24/c1-10-13-15-16-17-18-21-24-28-32-41(64)81-51-37(7)77-60(49(72)47(51)70)85-53-39(9)79-63(57(83-58(74)34(4)12-3)56(53)87-59-48(71)45(68)43(66)35(5)75-59)84-52-38(8)78-62-55(50(52)73)82-42(65)33-29-25-22-19-20-23-27-31-40(30-26-14-11-2)80-61-54(86-62)46(69)44(67)36(6)76-61/h34-40,43-57,59-63,66-73H,10-33H2,1-9H3/t34-,35-,36+,37-,38-,39-,40-,43-,44-,45+,46-,47-,48+,49+,50+,51-,52-,53-,54+,55+,56+,57+,59-,60-,61-,62-,63-/m0/s1. The molecule has 0 radical (unpaired) electrons. The molecule has 6 fully saturated rings. The van der Waals surface area contributed by atoms with Gasteiger partial charge in [-0.15, -0.1) is 0 Å². The number of unbranched alkanes of at least 4 members (excludes halogenated alkanes) is 10. The Hall–Kier alpha value is -2.31. The molecule has 0 aromatic rings. The first-order valence-corrected chi connectivity index (χ1v) is 33.2. The Morgan fingerprint density at radius 2 is 0.966 bits per heavy atom. The van der Waals surface area contributed by atoms with Gasteiger partial charge in [0.1, 0.15) is 73.2 Å². The highest BCUT2D eigenvalue weighted by atomic mass is 16.8. The highest BCUT2D eigenvalue weighted by molar-refractivity contribution is 5.72. The third-order valence-electron chi connectivity index (χ3n) is 18.2. The van der Waals surface area contributed by atoms with E-state index in [1.54, 1.807) is 20.8 Å². The molecule has 27 atom stereocenters. The zero-order valence-electron chi connectivity index (χ0n) is 53.2. The molecular formula is C63H110O24. The fourth-order valence-electron chi connectivity index (χ4n) is 12.3. The van der Waals surface area contributed by atoms with Gasteiger partial charge in [-0.25, -0.2) is 0 Å². The Kier molecular flexibility index (Phi) is 31.2.